The van der Waals surface area contributed by atoms with Crippen molar-refractivity contribution in [2.45, 2.75) is 24.6 Å². The second kappa shape index (κ2) is 7.50. The molecule has 4 rings (SSSR count). The van der Waals surface area contributed by atoms with Gasteiger partial charge in [0, 0.05) is 17.7 Å². The van der Waals surface area contributed by atoms with Crippen LogP contribution < -0.4 is 10.2 Å². The second-order valence-corrected chi connectivity index (χ2v) is 6.84. The Morgan fingerprint density at radius 1 is 0.933 bits per heavy atom. The lowest BCUT2D eigenvalue weighted by atomic mass is 10.1. The van der Waals surface area contributed by atoms with Crippen LogP contribution in [0.3, 0.4) is 0 Å². The molecule has 2 unspecified atom stereocenters. The summed E-state index contributed by atoms with van der Waals surface area (Å²) in [6.07, 6.45) is -6.10. The molecule has 1 aliphatic rings. The van der Waals surface area contributed by atoms with Crippen LogP contribution in [0.25, 0.3) is 22.3 Å². The first-order valence-electron chi connectivity index (χ1n) is 8.91. The summed E-state index contributed by atoms with van der Waals surface area (Å²) in [6.45, 7) is -0.352. The van der Waals surface area contributed by atoms with Gasteiger partial charge in [0.15, 0.2) is 5.76 Å². The van der Waals surface area contributed by atoms with Gasteiger partial charge in [-0.05, 0) is 24.3 Å². The molecule has 158 valence electrons. The number of aromatic hydroxyl groups is 3. The Hall–Kier alpha value is -3.31. The molecule has 2 aromatic carbocycles. The summed E-state index contributed by atoms with van der Waals surface area (Å²) in [5.41, 5.74) is -0.655. The smallest absolute Gasteiger partial charge is 0.239 e. The van der Waals surface area contributed by atoms with Crippen LogP contribution in [0, 0.1) is 0 Å². The Morgan fingerprint density at radius 3 is 2.33 bits per heavy atom. The molecule has 10 nitrogen and oxygen atoms in total. The maximum Gasteiger partial charge on any atom is 0.239 e. The molecule has 1 aliphatic heterocycles. The maximum atomic E-state index is 13.1. The highest BCUT2D eigenvalue weighted by Gasteiger charge is 2.40. The fourth-order valence-electron chi connectivity index (χ4n) is 3.18. The standard InChI is InChI=1S/C20H18O10/c21-9-3-1-8(2-4-9)18-19(30-20-17(27)15(25)12(24)7-28-20)16(26)14-11(23)5-10(22)6-13(14)29-18/h1-6,12,15,17,20-25,27H,7H2/t12-,15?,17?,20-/m0/s1. The number of hydrogen-bond acceptors (Lipinski definition) is 10. The summed E-state index contributed by atoms with van der Waals surface area (Å²) in [5.74, 6) is -1.50. The first-order chi connectivity index (χ1) is 14.3. The van der Waals surface area contributed by atoms with Gasteiger partial charge in [0.2, 0.25) is 17.5 Å². The van der Waals surface area contributed by atoms with Gasteiger partial charge in [-0.15, -0.1) is 0 Å². The lowest BCUT2D eigenvalue weighted by molar-refractivity contribution is -0.242. The lowest BCUT2D eigenvalue weighted by Crippen LogP contribution is -2.55. The molecule has 0 saturated carbocycles. The van der Waals surface area contributed by atoms with Gasteiger partial charge >= 0.3 is 0 Å². The average molecular weight is 418 g/mol. The minimum absolute atomic E-state index is 0.0391. The molecule has 0 radical (unpaired) electrons. The molecule has 0 amide bonds. The van der Waals surface area contributed by atoms with Crippen LogP contribution >= 0.6 is 0 Å². The average Bonchev–Trinajstić information content (AvgIpc) is 2.70. The van der Waals surface area contributed by atoms with E-state index in [1.54, 1.807) is 0 Å². The van der Waals surface area contributed by atoms with Crippen LogP contribution in [0.2, 0.25) is 0 Å². The SMILES string of the molecule is O=c1c(O[C@@H]2OC[C@H](O)C(O)C2O)c(-c2ccc(O)cc2)oc2cc(O)cc(O)c12. The number of hydrogen-bond donors (Lipinski definition) is 6. The van der Waals surface area contributed by atoms with Gasteiger partial charge in [-0.1, -0.05) is 0 Å². The Labute approximate surface area is 168 Å². The minimum atomic E-state index is -1.68. The van der Waals surface area contributed by atoms with Gasteiger partial charge in [0.05, 0.1) is 6.61 Å². The Kier molecular flexibility index (Phi) is 5.00. The van der Waals surface area contributed by atoms with Crippen molar-refractivity contribution >= 4 is 11.0 Å². The number of phenolic OH excluding ortho intramolecular Hbond substituents is 3. The summed E-state index contributed by atoms with van der Waals surface area (Å²) in [5, 5.41) is 58.7. The minimum Gasteiger partial charge on any atom is -0.508 e. The summed E-state index contributed by atoms with van der Waals surface area (Å²) in [7, 11) is 0. The summed E-state index contributed by atoms with van der Waals surface area (Å²) in [4.78, 5) is 13.1. The summed E-state index contributed by atoms with van der Waals surface area (Å²) in [6, 6.07) is 7.65. The first-order valence-corrected chi connectivity index (χ1v) is 8.91. The van der Waals surface area contributed by atoms with E-state index in [4.69, 9.17) is 13.9 Å². The molecule has 30 heavy (non-hydrogen) atoms. The van der Waals surface area contributed by atoms with Crippen LogP contribution in [-0.4, -0.2) is 61.8 Å². The van der Waals surface area contributed by atoms with Crippen molar-refractivity contribution in [1.82, 2.24) is 0 Å². The predicted octanol–water partition coefficient (Wildman–Crippen LogP) is 0.395. The lowest BCUT2D eigenvalue weighted by Gasteiger charge is -2.34. The summed E-state index contributed by atoms with van der Waals surface area (Å²) < 4.78 is 16.4. The zero-order valence-corrected chi connectivity index (χ0v) is 15.3. The van der Waals surface area contributed by atoms with E-state index in [0.717, 1.165) is 12.1 Å². The quantitative estimate of drug-likeness (QED) is 0.350. The molecule has 6 N–H and O–H groups in total. The molecule has 1 saturated heterocycles. The predicted molar refractivity (Wildman–Crippen MR) is 101 cm³/mol. The highest BCUT2D eigenvalue weighted by Crippen LogP contribution is 2.37. The third kappa shape index (κ3) is 3.42. The van der Waals surface area contributed by atoms with Crippen LogP contribution in [-0.2, 0) is 4.74 Å². The third-order valence-electron chi connectivity index (χ3n) is 4.74. The number of phenols is 3. The molecule has 1 aromatic heterocycles. The zero-order valence-electron chi connectivity index (χ0n) is 15.3. The molecule has 0 spiro atoms. The number of aliphatic hydroxyl groups excluding tert-OH is 3. The Balaban J connectivity index is 1.90. The van der Waals surface area contributed by atoms with Crippen LogP contribution in [0.1, 0.15) is 0 Å². The van der Waals surface area contributed by atoms with Gasteiger partial charge < -0.3 is 44.5 Å². The van der Waals surface area contributed by atoms with Crippen molar-refractivity contribution in [3.05, 3.63) is 46.6 Å². The molecule has 1 fully saturated rings. The van der Waals surface area contributed by atoms with E-state index in [2.05, 4.69) is 0 Å². The van der Waals surface area contributed by atoms with Crippen molar-refractivity contribution in [2.75, 3.05) is 6.61 Å². The van der Waals surface area contributed by atoms with Gasteiger partial charge in [0.1, 0.15) is 46.5 Å². The van der Waals surface area contributed by atoms with Gasteiger partial charge in [-0.3, -0.25) is 4.79 Å². The largest absolute Gasteiger partial charge is 0.508 e. The van der Waals surface area contributed by atoms with E-state index < -0.39 is 41.5 Å². The van der Waals surface area contributed by atoms with Crippen molar-refractivity contribution in [2.24, 2.45) is 0 Å². The third-order valence-corrected chi connectivity index (χ3v) is 4.74. The second-order valence-electron chi connectivity index (χ2n) is 6.84. The van der Waals surface area contributed by atoms with Crippen LogP contribution in [0.5, 0.6) is 23.0 Å². The van der Waals surface area contributed by atoms with E-state index in [9.17, 15) is 35.4 Å². The van der Waals surface area contributed by atoms with Crippen LogP contribution in [0.4, 0.5) is 0 Å². The normalized spacial score (nSPS) is 24.1. The Morgan fingerprint density at radius 2 is 1.63 bits per heavy atom. The van der Waals surface area contributed by atoms with Crippen molar-refractivity contribution < 1.29 is 44.5 Å². The monoisotopic (exact) mass is 418 g/mol. The van der Waals surface area contributed by atoms with Gasteiger partial charge in [-0.25, -0.2) is 0 Å². The number of rotatable bonds is 3. The molecule has 3 aromatic rings. The van der Waals surface area contributed by atoms with Crippen molar-refractivity contribution in [3.8, 4) is 34.3 Å². The molecule has 4 atom stereocenters. The topological polar surface area (TPSA) is 170 Å². The van der Waals surface area contributed by atoms with Crippen molar-refractivity contribution in [3.63, 3.8) is 0 Å². The van der Waals surface area contributed by atoms with E-state index in [1.807, 2.05) is 0 Å². The first kappa shape index (κ1) is 20.0. The fourth-order valence-corrected chi connectivity index (χ4v) is 3.18. The highest BCUT2D eigenvalue weighted by atomic mass is 16.7. The van der Waals surface area contributed by atoms with Crippen LogP contribution in [0.15, 0.2) is 45.6 Å². The van der Waals surface area contributed by atoms with Crippen molar-refractivity contribution in [1.29, 1.82) is 0 Å². The zero-order chi connectivity index (χ0) is 21.6. The Bertz CT molecular complexity index is 1140. The molecule has 2 heterocycles. The highest BCUT2D eigenvalue weighted by molar-refractivity contribution is 5.88. The molecular weight excluding hydrogens is 400 g/mol. The number of benzene rings is 2. The summed E-state index contributed by atoms with van der Waals surface area (Å²) >= 11 is 0. The number of ether oxygens (including phenoxy) is 2. The van der Waals surface area contributed by atoms with Gasteiger partial charge in [-0.2, -0.15) is 0 Å². The van der Waals surface area contributed by atoms with E-state index in [-0.39, 0.29) is 34.8 Å². The molecular formula is C20H18O10. The van der Waals surface area contributed by atoms with E-state index in [1.165, 1.54) is 24.3 Å². The number of aliphatic hydroxyl groups is 3. The molecule has 0 bridgehead atoms. The number of fused-ring (bicyclic) bond motifs is 1. The van der Waals surface area contributed by atoms with Gasteiger partial charge in [0.25, 0.3) is 0 Å². The van der Waals surface area contributed by atoms with E-state index in [0.29, 0.717) is 5.56 Å². The van der Waals surface area contributed by atoms with E-state index >= 15 is 0 Å². The maximum absolute atomic E-state index is 13.1. The fraction of sp³-hybridized carbons (Fsp3) is 0.250. The molecule has 10 heteroatoms. The molecule has 0 aliphatic carbocycles.